The van der Waals surface area contributed by atoms with Gasteiger partial charge in [-0.1, -0.05) is 30.3 Å². The van der Waals surface area contributed by atoms with Gasteiger partial charge in [0.1, 0.15) is 5.75 Å². The molecule has 1 aromatic heterocycles. The van der Waals surface area contributed by atoms with Crippen LogP contribution in [0.15, 0.2) is 54.6 Å². The van der Waals surface area contributed by atoms with Crippen molar-refractivity contribution in [3.8, 4) is 5.75 Å². The molecule has 0 unspecified atom stereocenters. The predicted molar refractivity (Wildman–Crippen MR) is 113 cm³/mol. The maximum absolute atomic E-state index is 12.9. The molecule has 154 valence electrons. The minimum atomic E-state index is -0.220. The van der Waals surface area contributed by atoms with Crippen molar-refractivity contribution in [3.63, 3.8) is 0 Å². The molecule has 2 heterocycles. The molecule has 0 fully saturated rings. The van der Waals surface area contributed by atoms with Crippen LogP contribution in [0.5, 0.6) is 5.75 Å². The molecule has 0 saturated heterocycles. The van der Waals surface area contributed by atoms with Crippen molar-refractivity contribution < 1.29 is 14.3 Å². The molecule has 0 bridgehead atoms. The van der Waals surface area contributed by atoms with Gasteiger partial charge >= 0.3 is 0 Å². The average Bonchev–Trinajstić information content (AvgIpc) is 3.22. The first-order valence-corrected chi connectivity index (χ1v) is 9.97. The lowest BCUT2D eigenvalue weighted by atomic mass is 10.0. The zero-order chi connectivity index (χ0) is 20.9. The summed E-state index contributed by atoms with van der Waals surface area (Å²) in [5.41, 5.74) is 3.84. The molecule has 0 radical (unpaired) electrons. The van der Waals surface area contributed by atoms with Gasteiger partial charge in [-0.15, -0.1) is 0 Å². The van der Waals surface area contributed by atoms with Gasteiger partial charge in [-0.2, -0.15) is 5.10 Å². The summed E-state index contributed by atoms with van der Waals surface area (Å²) in [5.74, 6) is 0.416. The van der Waals surface area contributed by atoms with Crippen LogP contribution in [0.1, 0.15) is 37.7 Å². The first-order valence-electron chi connectivity index (χ1n) is 9.97. The fraction of sp³-hybridized carbons (Fsp3) is 0.261. The van der Waals surface area contributed by atoms with E-state index in [1.165, 1.54) is 0 Å². The van der Waals surface area contributed by atoms with Gasteiger partial charge in [-0.3, -0.25) is 14.7 Å². The third-order valence-electron chi connectivity index (χ3n) is 5.31. The molecular weight excluding hydrogens is 380 g/mol. The lowest BCUT2D eigenvalue weighted by molar-refractivity contribution is 0.0731. The summed E-state index contributed by atoms with van der Waals surface area (Å²) in [7, 11) is 1.59. The first kappa shape index (κ1) is 19.7. The molecule has 0 saturated carbocycles. The number of hydrogen-bond donors (Lipinski definition) is 2. The molecule has 1 aliphatic heterocycles. The molecule has 1 aliphatic rings. The molecule has 2 aromatic carbocycles. The molecular formula is C23H24N4O3. The van der Waals surface area contributed by atoms with Crippen LogP contribution in [0, 0.1) is 0 Å². The number of carbonyl (C=O) groups is 2. The van der Waals surface area contributed by atoms with Crippen molar-refractivity contribution in [3.05, 3.63) is 82.7 Å². The van der Waals surface area contributed by atoms with Gasteiger partial charge in [0.25, 0.3) is 11.8 Å². The van der Waals surface area contributed by atoms with Gasteiger partial charge in [0.2, 0.25) is 0 Å². The highest BCUT2D eigenvalue weighted by Gasteiger charge is 2.28. The van der Waals surface area contributed by atoms with E-state index in [4.69, 9.17) is 4.74 Å². The topological polar surface area (TPSA) is 87.3 Å². The third-order valence-corrected chi connectivity index (χ3v) is 5.31. The highest BCUT2D eigenvalue weighted by molar-refractivity contribution is 5.96. The molecule has 2 amide bonds. The van der Waals surface area contributed by atoms with E-state index in [1.54, 1.807) is 36.3 Å². The fourth-order valence-corrected chi connectivity index (χ4v) is 3.62. The SMILES string of the molecule is COc1ccc(C(=O)N2CCc3[nH]nc(C(=O)NCCc4ccccc4)c3C2)cc1. The van der Waals surface area contributed by atoms with Gasteiger partial charge in [0.05, 0.1) is 13.7 Å². The van der Waals surface area contributed by atoms with E-state index in [2.05, 4.69) is 15.5 Å². The van der Waals surface area contributed by atoms with Crippen molar-refractivity contribution >= 4 is 11.8 Å². The quantitative estimate of drug-likeness (QED) is 0.661. The Labute approximate surface area is 175 Å². The zero-order valence-electron chi connectivity index (χ0n) is 16.9. The maximum Gasteiger partial charge on any atom is 0.272 e. The van der Waals surface area contributed by atoms with E-state index >= 15 is 0 Å². The summed E-state index contributed by atoms with van der Waals surface area (Å²) in [6.45, 7) is 1.46. The first-order chi connectivity index (χ1) is 14.7. The minimum absolute atomic E-state index is 0.0695. The smallest absolute Gasteiger partial charge is 0.272 e. The van der Waals surface area contributed by atoms with Crippen molar-refractivity contribution in [1.82, 2.24) is 20.4 Å². The monoisotopic (exact) mass is 404 g/mol. The van der Waals surface area contributed by atoms with Gasteiger partial charge in [0, 0.05) is 36.3 Å². The summed E-state index contributed by atoms with van der Waals surface area (Å²) in [5, 5.41) is 10.1. The van der Waals surface area contributed by atoms with E-state index in [0.717, 1.165) is 23.2 Å². The number of H-pyrrole nitrogens is 1. The van der Waals surface area contributed by atoms with Crippen LogP contribution in [0.25, 0.3) is 0 Å². The molecule has 0 spiro atoms. The number of carbonyl (C=O) groups excluding carboxylic acids is 2. The molecule has 4 rings (SSSR count). The highest BCUT2D eigenvalue weighted by Crippen LogP contribution is 2.22. The van der Waals surface area contributed by atoms with Crippen LogP contribution in [0.3, 0.4) is 0 Å². The Morgan fingerprint density at radius 2 is 1.90 bits per heavy atom. The third kappa shape index (κ3) is 4.20. The lowest BCUT2D eigenvalue weighted by Crippen LogP contribution is -2.37. The summed E-state index contributed by atoms with van der Waals surface area (Å²) >= 11 is 0. The Hall–Kier alpha value is -3.61. The van der Waals surface area contributed by atoms with Crippen molar-refractivity contribution in [2.24, 2.45) is 0 Å². The largest absolute Gasteiger partial charge is 0.497 e. The van der Waals surface area contributed by atoms with Crippen molar-refractivity contribution in [2.75, 3.05) is 20.2 Å². The minimum Gasteiger partial charge on any atom is -0.497 e. The van der Waals surface area contributed by atoms with Crippen LogP contribution < -0.4 is 10.1 Å². The van der Waals surface area contributed by atoms with E-state index in [1.807, 2.05) is 30.3 Å². The number of aromatic nitrogens is 2. The van der Waals surface area contributed by atoms with Crippen LogP contribution in [0.4, 0.5) is 0 Å². The second kappa shape index (κ2) is 8.82. The normalized spacial score (nSPS) is 12.9. The zero-order valence-corrected chi connectivity index (χ0v) is 16.9. The van der Waals surface area contributed by atoms with Crippen molar-refractivity contribution in [2.45, 2.75) is 19.4 Å². The second-order valence-electron chi connectivity index (χ2n) is 7.23. The summed E-state index contributed by atoms with van der Waals surface area (Å²) in [4.78, 5) is 27.3. The van der Waals surface area contributed by atoms with Gasteiger partial charge < -0.3 is 15.0 Å². The fourth-order valence-electron chi connectivity index (χ4n) is 3.62. The van der Waals surface area contributed by atoms with Gasteiger partial charge in [-0.05, 0) is 36.2 Å². The molecule has 2 N–H and O–H groups in total. The average molecular weight is 404 g/mol. The maximum atomic E-state index is 12.9. The van der Waals surface area contributed by atoms with Gasteiger partial charge in [-0.25, -0.2) is 0 Å². The van der Waals surface area contributed by atoms with Crippen LogP contribution >= 0.6 is 0 Å². The van der Waals surface area contributed by atoms with Crippen LogP contribution in [-0.2, 0) is 19.4 Å². The number of methoxy groups -OCH3 is 1. The van der Waals surface area contributed by atoms with E-state index in [9.17, 15) is 9.59 Å². The number of rotatable bonds is 6. The Bertz CT molecular complexity index is 1030. The van der Waals surface area contributed by atoms with Crippen LogP contribution in [0.2, 0.25) is 0 Å². The number of hydrogen-bond acceptors (Lipinski definition) is 4. The molecule has 7 nitrogen and oxygen atoms in total. The Balaban J connectivity index is 1.41. The van der Waals surface area contributed by atoms with E-state index in [0.29, 0.717) is 43.1 Å². The standard InChI is InChI=1S/C23H24N4O3/c1-30-18-9-7-17(8-10-18)23(29)27-14-12-20-19(15-27)21(26-25-20)22(28)24-13-11-16-5-3-2-4-6-16/h2-10H,11-15H2,1H3,(H,24,28)(H,25,26). The Morgan fingerprint density at radius 1 is 1.13 bits per heavy atom. The summed E-state index contributed by atoms with van der Waals surface area (Å²) in [6.07, 6.45) is 1.39. The Morgan fingerprint density at radius 3 is 2.63 bits per heavy atom. The molecule has 0 atom stereocenters. The van der Waals surface area contributed by atoms with Gasteiger partial charge in [0.15, 0.2) is 5.69 Å². The number of fused-ring (bicyclic) bond motifs is 1. The summed E-state index contributed by atoms with van der Waals surface area (Å²) < 4.78 is 5.15. The van der Waals surface area contributed by atoms with Crippen molar-refractivity contribution in [1.29, 1.82) is 0 Å². The molecule has 3 aromatic rings. The number of nitrogens with one attached hydrogen (secondary N) is 2. The summed E-state index contributed by atoms with van der Waals surface area (Å²) in [6, 6.07) is 17.0. The predicted octanol–water partition coefficient (Wildman–Crippen LogP) is 2.59. The highest BCUT2D eigenvalue weighted by atomic mass is 16.5. The number of benzene rings is 2. The number of amides is 2. The number of ether oxygens (including phenoxy) is 1. The molecule has 0 aliphatic carbocycles. The number of nitrogens with zero attached hydrogens (tertiary/aromatic N) is 2. The Kier molecular flexibility index (Phi) is 5.79. The van der Waals surface area contributed by atoms with E-state index in [-0.39, 0.29) is 11.8 Å². The van der Waals surface area contributed by atoms with Crippen LogP contribution in [-0.4, -0.2) is 47.1 Å². The second-order valence-corrected chi connectivity index (χ2v) is 7.23. The molecule has 7 heteroatoms. The number of aromatic amines is 1. The lowest BCUT2D eigenvalue weighted by Gasteiger charge is -2.27. The molecule has 30 heavy (non-hydrogen) atoms. The van der Waals surface area contributed by atoms with E-state index < -0.39 is 0 Å².